The fraction of sp³-hybridized carbons (Fsp3) is 0.636. The van der Waals surface area contributed by atoms with Crippen LogP contribution in [0.15, 0.2) is 36.4 Å². The van der Waals surface area contributed by atoms with Crippen LogP contribution in [0, 0.1) is 17.7 Å². The largest absolute Gasteiger partial charge is 0.207 e. The van der Waals surface area contributed by atoms with Crippen molar-refractivity contribution in [3.8, 4) is 0 Å². The molecule has 1 heterocycles. The molecule has 1 saturated heterocycles. The average molecular weight is 345 g/mol. The van der Waals surface area contributed by atoms with Crippen molar-refractivity contribution in [3.63, 3.8) is 0 Å². The van der Waals surface area contributed by atoms with Gasteiger partial charge in [0.2, 0.25) is 0 Å². The van der Waals surface area contributed by atoms with Crippen LogP contribution in [-0.4, -0.2) is 8.80 Å². The molecule has 2 aliphatic rings. The molecule has 0 aromatic heterocycles. The van der Waals surface area contributed by atoms with Gasteiger partial charge in [-0.3, -0.25) is 0 Å². The molecule has 132 valence electrons. The van der Waals surface area contributed by atoms with Crippen LogP contribution in [0.1, 0.15) is 63.4 Å². The summed E-state index contributed by atoms with van der Waals surface area (Å²) >= 11 is 0. The molecule has 2 heteroatoms. The highest BCUT2D eigenvalue weighted by atomic mass is 28.3. The first-order valence-electron chi connectivity index (χ1n) is 10.1. The van der Waals surface area contributed by atoms with Crippen LogP contribution in [0.25, 0.3) is 0 Å². The fourth-order valence-corrected chi connectivity index (χ4v) is 8.43. The zero-order valence-corrected chi connectivity index (χ0v) is 16.4. The third-order valence-corrected chi connectivity index (χ3v) is 10.1. The molecule has 2 fully saturated rings. The van der Waals surface area contributed by atoms with E-state index in [2.05, 4.69) is 19.1 Å². The van der Waals surface area contributed by atoms with Gasteiger partial charge >= 0.3 is 0 Å². The Morgan fingerprint density at radius 2 is 1.58 bits per heavy atom. The predicted octanol–water partition coefficient (Wildman–Crippen LogP) is 6.70. The Hall–Kier alpha value is -0.893. The summed E-state index contributed by atoms with van der Waals surface area (Å²) in [7, 11) is -0.404. The molecule has 24 heavy (non-hydrogen) atoms. The van der Waals surface area contributed by atoms with Crippen LogP contribution >= 0.6 is 0 Å². The summed E-state index contributed by atoms with van der Waals surface area (Å²) in [6.45, 7) is 2.14. The van der Waals surface area contributed by atoms with Gasteiger partial charge in [0.05, 0.1) is 0 Å². The van der Waals surface area contributed by atoms with Crippen molar-refractivity contribution >= 4 is 8.80 Å². The molecule has 3 rings (SSSR count). The zero-order chi connectivity index (χ0) is 16.8. The third-order valence-electron chi connectivity index (χ3n) is 6.65. The molecular formula is C22H33FSi. The summed E-state index contributed by atoms with van der Waals surface area (Å²) in [5, 5.41) is 0. The molecule has 1 aliphatic heterocycles. The van der Waals surface area contributed by atoms with Crippen molar-refractivity contribution in [3.05, 3.63) is 47.8 Å². The van der Waals surface area contributed by atoms with E-state index in [-0.39, 0.29) is 5.82 Å². The van der Waals surface area contributed by atoms with E-state index in [0.717, 1.165) is 11.8 Å². The second-order valence-corrected chi connectivity index (χ2v) is 11.6. The molecule has 0 nitrogen and oxygen atoms in total. The highest BCUT2D eigenvalue weighted by Crippen LogP contribution is 2.43. The van der Waals surface area contributed by atoms with E-state index >= 15 is 0 Å². The lowest BCUT2D eigenvalue weighted by atomic mass is 9.72. The third kappa shape index (κ3) is 4.81. The van der Waals surface area contributed by atoms with Gasteiger partial charge in [0.25, 0.3) is 0 Å². The maximum Gasteiger partial charge on any atom is 0.123 e. The lowest BCUT2D eigenvalue weighted by molar-refractivity contribution is 0.216. The van der Waals surface area contributed by atoms with E-state index in [9.17, 15) is 4.39 Å². The number of rotatable bonds is 5. The number of allylic oxidation sites excluding steroid dienone is 2. The normalized spacial score (nSPS) is 31.4. The number of hydrogen-bond donors (Lipinski definition) is 0. The Balaban J connectivity index is 1.42. The first-order valence-corrected chi connectivity index (χ1v) is 12.6. The Bertz CT molecular complexity index is 505. The van der Waals surface area contributed by atoms with E-state index in [1.165, 1.54) is 56.6 Å². The van der Waals surface area contributed by atoms with Gasteiger partial charge in [0.1, 0.15) is 5.82 Å². The Morgan fingerprint density at radius 1 is 0.958 bits per heavy atom. The first-order chi connectivity index (χ1) is 11.8. The molecule has 0 atom stereocenters. The minimum atomic E-state index is -0.404. The maximum absolute atomic E-state index is 13.1. The van der Waals surface area contributed by atoms with Gasteiger partial charge in [-0.05, 0) is 74.5 Å². The molecule has 1 aromatic carbocycles. The number of hydrogen-bond acceptors (Lipinski definition) is 0. The Labute approximate surface area is 149 Å². The molecule has 1 aliphatic carbocycles. The van der Waals surface area contributed by atoms with Gasteiger partial charge in [-0.25, -0.2) is 4.39 Å². The summed E-state index contributed by atoms with van der Waals surface area (Å²) in [6.07, 6.45) is 14.4. The van der Waals surface area contributed by atoms with Crippen molar-refractivity contribution < 1.29 is 4.39 Å². The summed E-state index contributed by atoms with van der Waals surface area (Å²) < 4.78 is 13.1. The SMILES string of the molecule is CC=CCC[Si@H]1CC[C@H]([C@H]2CC[C@H](c3ccc(F)cc3)CC2)CC1. The van der Waals surface area contributed by atoms with Crippen molar-refractivity contribution in [1.82, 2.24) is 0 Å². The van der Waals surface area contributed by atoms with Gasteiger partial charge in [0.15, 0.2) is 0 Å². The van der Waals surface area contributed by atoms with E-state index in [4.69, 9.17) is 0 Å². The van der Waals surface area contributed by atoms with Crippen molar-refractivity contribution in [2.45, 2.75) is 75.9 Å². The van der Waals surface area contributed by atoms with Crippen molar-refractivity contribution in [2.75, 3.05) is 0 Å². The standard InChI is InChI=1S/C22H33FSi/c1-2-3-4-15-24-16-13-21(14-17-24)19-7-5-18(6-8-19)20-9-11-22(23)12-10-20/h2-3,9-12,18-19,21,24H,4-8,13-17H2,1H3/t18-,19-,21-,24-. The van der Waals surface area contributed by atoms with Crippen LogP contribution in [-0.2, 0) is 0 Å². The van der Waals surface area contributed by atoms with Crippen LogP contribution in [0.5, 0.6) is 0 Å². The van der Waals surface area contributed by atoms with Gasteiger partial charge < -0.3 is 0 Å². The molecule has 0 radical (unpaired) electrons. The minimum absolute atomic E-state index is 0.109. The van der Waals surface area contributed by atoms with Crippen LogP contribution in [0.3, 0.4) is 0 Å². The van der Waals surface area contributed by atoms with E-state index < -0.39 is 8.80 Å². The van der Waals surface area contributed by atoms with Gasteiger partial charge in [0, 0.05) is 8.80 Å². The monoisotopic (exact) mass is 344 g/mol. The number of benzene rings is 1. The lowest BCUT2D eigenvalue weighted by Crippen LogP contribution is -2.28. The quantitative estimate of drug-likeness (QED) is 0.411. The van der Waals surface area contributed by atoms with E-state index in [1.807, 2.05) is 12.1 Å². The van der Waals surface area contributed by atoms with Crippen LogP contribution in [0.2, 0.25) is 18.1 Å². The predicted molar refractivity (Wildman–Crippen MR) is 105 cm³/mol. The van der Waals surface area contributed by atoms with E-state index in [0.29, 0.717) is 5.92 Å². The summed E-state index contributed by atoms with van der Waals surface area (Å²) in [5.74, 6) is 2.56. The molecule has 0 unspecified atom stereocenters. The van der Waals surface area contributed by atoms with Crippen LogP contribution in [0.4, 0.5) is 4.39 Å². The molecule has 0 N–H and O–H groups in total. The van der Waals surface area contributed by atoms with Gasteiger partial charge in [-0.15, -0.1) is 0 Å². The lowest BCUT2D eigenvalue weighted by Gasteiger charge is -2.37. The molecule has 1 saturated carbocycles. The molecule has 0 bridgehead atoms. The van der Waals surface area contributed by atoms with Crippen molar-refractivity contribution in [1.29, 1.82) is 0 Å². The second kappa shape index (κ2) is 8.99. The number of halogens is 1. The fourth-order valence-electron chi connectivity index (χ4n) is 5.11. The topological polar surface area (TPSA) is 0 Å². The second-order valence-electron chi connectivity index (χ2n) is 8.09. The van der Waals surface area contributed by atoms with Gasteiger partial charge in [-0.1, -0.05) is 55.3 Å². The summed E-state index contributed by atoms with van der Waals surface area (Å²) in [6, 6.07) is 12.0. The van der Waals surface area contributed by atoms with Crippen molar-refractivity contribution in [2.24, 2.45) is 11.8 Å². The molecule has 1 aromatic rings. The Morgan fingerprint density at radius 3 is 2.21 bits per heavy atom. The highest BCUT2D eigenvalue weighted by molar-refractivity contribution is 6.59. The molecule has 0 amide bonds. The first kappa shape index (κ1) is 17.9. The van der Waals surface area contributed by atoms with Gasteiger partial charge in [-0.2, -0.15) is 0 Å². The maximum atomic E-state index is 13.1. The van der Waals surface area contributed by atoms with Crippen LogP contribution < -0.4 is 0 Å². The highest BCUT2D eigenvalue weighted by Gasteiger charge is 2.31. The minimum Gasteiger partial charge on any atom is -0.207 e. The summed E-state index contributed by atoms with van der Waals surface area (Å²) in [5.41, 5.74) is 1.36. The van der Waals surface area contributed by atoms with E-state index in [1.54, 1.807) is 24.2 Å². The zero-order valence-electron chi connectivity index (χ0n) is 15.2. The molecular weight excluding hydrogens is 311 g/mol. The smallest absolute Gasteiger partial charge is 0.123 e. The Kier molecular flexibility index (Phi) is 6.71. The molecule has 0 spiro atoms. The summed E-state index contributed by atoms with van der Waals surface area (Å²) in [4.78, 5) is 0. The average Bonchev–Trinajstić information content (AvgIpc) is 2.63.